The number of ether oxygens (including phenoxy) is 1. The summed E-state index contributed by atoms with van der Waals surface area (Å²) in [4.78, 5) is 17.3. The smallest absolute Gasteiger partial charge is 0.346 e. The lowest BCUT2D eigenvalue weighted by atomic mass is 9.90. The highest BCUT2D eigenvalue weighted by atomic mass is 19.1. The number of aliphatic imine (C=N–C) groups is 1. The van der Waals surface area contributed by atoms with Gasteiger partial charge in [-0.3, -0.25) is 0 Å². The zero-order chi connectivity index (χ0) is 14.8. The Kier molecular flexibility index (Phi) is 4.04. The predicted molar refractivity (Wildman–Crippen MR) is 74.1 cm³/mol. The summed E-state index contributed by atoms with van der Waals surface area (Å²) < 4.78 is 18.0. The van der Waals surface area contributed by atoms with E-state index in [1.165, 1.54) is 12.1 Å². The van der Waals surface area contributed by atoms with Gasteiger partial charge in [0, 0.05) is 20.1 Å². The topological polar surface area (TPSA) is 67.9 Å². The summed E-state index contributed by atoms with van der Waals surface area (Å²) in [5, 5.41) is 0. The highest BCUT2D eigenvalue weighted by Gasteiger charge is 2.44. The number of amides is 2. The molecule has 1 aliphatic heterocycles. The molecule has 0 aromatic heterocycles. The number of benzene rings is 1. The molecule has 0 fully saturated rings. The van der Waals surface area contributed by atoms with Crippen LogP contribution in [0, 0.1) is 5.82 Å². The quantitative estimate of drug-likeness (QED) is 0.889. The molecular weight excluding hydrogens is 261 g/mol. The average Bonchev–Trinajstić information content (AvgIpc) is 2.61. The molecule has 1 atom stereocenters. The van der Waals surface area contributed by atoms with E-state index in [-0.39, 0.29) is 17.7 Å². The summed E-state index contributed by atoms with van der Waals surface area (Å²) in [6.45, 7) is 2.68. The fraction of sp³-hybridized carbons (Fsp3) is 0.429. The lowest BCUT2D eigenvalue weighted by Crippen LogP contribution is -2.54. The van der Waals surface area contributed by atoms with E-state index in [0.717, 1.165) is 5.56 Å². The van der Waals surface area contributed by atoms with Crippen LogP contribution in [0.1, 0.15) is 12.5 Å². The summed E-state index contributed by atoms with van der Waals surface area (Å²) >= 11 is 0. The fourth-order valence-corrected chi connectivity index (χ4v) is 2.34. The SMILES string of the molecule is COCCN1C(=O)N=C(N)C1(C)Cc1ccc(F)cc1. The number of carbonyl (C=O) groups is 1. The van der Waals surface area contributed by atoms with Gasteiger partial charge in [-0.2, -0.15) is 4.99 Å². The van der Waals surface area contributed by atoms with Gasteiger partial charge in [0.25, 0.3) is 0 Å². The van der Waals surface area contributed by atoms with E-state index in [0.29, 0.717) is 19.6 Å². The van der Waals surface area contributed by atoms with Crippen LogP contribution in [-0.2, 0) is 11.2 Å². The molecule has 1 aromatic carbocycles. The van der Waals surface area contributed by atoms with Crippen molar-refractivity contribution >= 4 is 11.9 Å². The van der Waals surface area contributed by atoms with Crippen molar-refractivity contribution in [1.29, 1.82) is 0 Å². The van der Waals surface area contributed by atoms with Gasteiger partial charge in [0.2, 0.25) is 0 Å². The molecule has 0 aliphatic carbocycles. The Balaban J connectivity index is 2.22. The monoisotopic (exact) mass is 279 g/mol. The van der Waals surface area contributed by atoms with E-state index in [1.54, 1.807) is 24.1 Å². The third kappa shape index (κ3) is 2.65. The van der Waals surface area contributed by atoms with Crippen LogP contribution in [0.5, 0.6) is 0 Å². The second kappa shape index (κ2) is 5.58. The van der Waals surface area contributed by atoms with Crippen LogP contribution in [0.25, 0.3) is 0 Å². The van der Waals surface area contributed by atoms with E-state index in [4.69, 9.17) is 10.5 Å². The minimum Gasteiger partial charge on any atom is -0.385 e. The van der Waals surface area contributed by atoms with E-state index in [9.17, 15) is 9.18 Å². The van der Waals surface area contributed by atoms with Gasteiger partial charge in [-0.05, 0) is 24.6 Å². The van der Waals surface area contributed by atoms with Crippen LogP contribution < -0.4 is 5.73 Å². The maximum Gasteiger partial charge on any atom is 0.346 e. The minimum atomic E-state index is -0.701. The minimum absolute atomic E-state index is 0.280. The van der Waals surface area contributed by atoms with Gasteiger partial charge in [-0.15, -0.1) is 0 Å². The van der Waals surface area contributed by atoms with Gasteiger partial charge in [0.05, 0.1) is 6.61 Å². The number of urea groups is 1. The first-order chi connectivity index (χ1) is 9.47. The van der Waals surface area contributed by atoms with Crippen LogP contribution in [0.3, 0.4) is 0 Å². The van der Waals surface area contributed by atoms with Gasteiger partial charge >= 0.3 is 6.03 Å². The summed E-state index contributed by atoms with van der Waals surface area (Å²) in [7, 11) is 1.57. The Labute approximate surface area is 117 Å². The van der Waals surface area contributed by atoms with Crippen LogP contribution in [0.15, 0.2) is 29.3 Å². The number of hydrogen-bond acceptors (Lipinski definition) is 3. The van der Waals surface area contributed by atoms with Gasteiger partial charge in [-0.1, -0.05) is 12.1 Å². The molecule has 5 nitrogen and oxygen atoms in total. The standard InChI is InChI=1S/C14H18FN3O2/c1-14(9-10-3-5-11(15)6-4-10)12(16)17-13(19)18(14)7-8-20-2/h3-6H,7-9H2,1-2H3,(H2,16,17,19). The molecule has 1 unspecified atom stereocenters. The molecule has 20 heavy (non-hydrogen) atoms. The first kappa shape index (κ1) is 14.5. The van der Waals surface area contributed by atoms with Crippen molar-refractivity contribution in [3.8, 4) is 0 Å². The summed E-state index contributed by atoms with van der Waals surface area (Å²) in [6.07, 6.45) is 0.484. The van der Waals surface area contributed by atoms with Crippen molar-refractivity contribution in [3.05, 3.63) is 35.6 Å². The highest BCUT2D eigenvalue weighted by Crippen LogP contribution is 2.27. The van der Waals surface area contributed by atoms with Crippen molar-refractivity contribution < 1.29 is 13.9 Å². The van der Waals surface area contributed by atoms with Gasteiger partial charge < -0.3 is 15.4 Å². The lowest BCUT2D eigenvalue weighted by Gasteiger charge is -2.34. The zero-order valence-electron chi connectivity index (χ0n) is 11.6. The molecule has 0 saturated heterocycles. The Hall–Kier alpha value is -1.95. The number of methoxy groups -OCH3 is 1. The van der Waals surface area contributed by atoms with E-state index in [1.807, 2.05) is 6.92 Å². The average molecular weight is 279 g/mol. The first-order valence-electron chi connectivity index (χ1n) is 6.37. The summed E-state index contributed by atoms with van der Waals surface area (Å²) in [5.41, 5.74) is 6.11. The summed E-state index contributed by atoms with van der Waals surface area (Å²) in [6, 6.07) is 5.80. The van der Waals surface area contributed by atoms with E-state index in [2.05, 4.69) is 4.99 Å². The van der Waals surface area contributed by atoms with Crippen molar-refractivity contribution in [2.75, 3.05) is 20.3 Å². The first-order valence-corrected chi connectivity index (χ1v) is 6.37. The zero-order valence-corrected chi connectivity index (χ0v) is 11.6. The number of rotatable bonds is 5. The predicted octanol–water partition coefficient (Wildman–Crippen LogP) is 1.57. The molecule has 2 N–H and O–H groups in total. The molecule has 1 aromatic rings. The van der Waals surface area contributed by atoms with E-state index >= 15 is 0 Å². The third-order valence-electron chi connectivity index (χ3n) is 3.58. The normalized spacial score (nSPS) is 22.2. The molecule has 0 spiro atoms. The second-order valence-corrected chi connectivity index (χ2v) is 5.00. The summed E-state index contributed by atoms with van der Waals surface area (Å²) in [5.74, 6) is -0.0118. The Morgan fingerprint density at radius 1 is 1.40 bits per heavy atom. The number of amidine groups is 1. The molecule has 6 heteroatoms. The number of nitrogens with zero attached hydrogens (tertiary/aromatic N) is 2. The van der Waals surface area contributed by atoms with Crippen LogP contribution in [-0.4, -0.2) is 42.6 Å². The van der Waals surface area contributed by atoms with Gasteiger partial charge in [-0.25, -0.2) is 9.18 Å². The number of carbonyl (C=O) groups excluding carboxylic acids is 1. The Morgan fingerprint density at radius 3 is 2.65 bits per heavy atom. The van der Waals surface area contributed by atoms with Crippen molar-refractivity contribution in [3.63, 3.8) is 0 Å². The molecular formula is C14H18FN3O2. The number of nitrogens with two attached hydrogens (primary N) is 1. The molecule has 1 heterocycles. The Bertz CT molecular complexity index is 530. The molecule has 0 radical (unpaired) electrons. The van der Waals surface area contributed by atoms with Crippen LogP contribution >= 0.6 is 0 Å². The Morgan fingerprint density at radius 2 is 2.05 bits per heavy atom. The van der Waals surface area contributed by atoms with E-state index < -0.39 is 5.54 Å². The molecule has 108 valence electrons. The largest absolute Gasteiger partial charge is 0.385 e. The number of halogens is 1. The second-order valence-electron chi connectivity index (χ2n) is 5.00. The third-order valence-corrected chi connectivity index (χ3v) is 3.58. The lowest BCUT2D eigenvalue weighted by molar-refractivity contribution is 0.128. The molecule has 2 amide bonds. The molecule has 0 bridgehead atoms. The van der Waals surface area contributed by atoms with Crippen molar-refractivity contribution in [2.45, 2.75) is 18.9 Å². The van der Waals surface area contributed by atoms with Crippen LogP contribution in [0.4, 0.5) is 9.18 Å². The van der Waals surface area contributed by atoms with Crippen molar-refractivity contribution in [2.24, 2.45) is 10.7 Å². The van der Waals surface area contributed by atoms with Crippen molar-refractivity contribution in [1.82, 2.24) is 4.90 Å². The maximum atomic E-state index is 12.9. The maximum absolute atomic E-state index is 12.9. The molecule has 2 rings (SSSR count). The fourth-order valence-electron chi connectivity index (χ4n) is 2.34. The molecule has 1 aliphatic rings. The van der Waals surface area contributed by atoms with Crippen LogP contribution in [0.2, 0.25) is 0 Å². The van der Waals surface area contributed by atoms with Gasteiger partial charge in [0.1, 0.15) is 17.2 Å². The highest BCUT2D eigenvalue weighted by molar-refractivity contribution is 6.05. The molecule has 0 saturated carbocycles. The number of hydrogen-bond donors (Lipinski definition) is 1. The van der Waals surface area contributed by atoms with Gasteiger partial charge in [0.15, 0.2) is 0 Å².